The number of amides is 1. The lowest BCUT2D eigenvalue weighted by atomic mass is 10.1. The third-order valence-electron chi connectivity index (χ3n) is 7.03. The highest BCUT2D eigenvalue weighted by Crippen LogP contribution is 2.44. The molecule has 0 spiro atoms. The largest absolute Gasteiger partial charge is 0.419 e. The Morgan fingerprint density at radius 1 is 1.22 bits per heavy atom. The van der Waals surface area contributed by atoms with Crippen molar-refractivity contribution in [3.63, 3.8) is 0 Å². The maximum absolute atomic E-state index is 14.2. The molecule has 1 heterocycles. The molecule has 1 aliphatic rings. The number of sulfone groups is 1. The number of aromatic nitrogens is 2. The second kappa shape index (κ2) is 11.8. The highest BCUT2D eigenvalue weighted by Gasteiger charge is 2.36. The number of imidazole rings is 1. The fourth-order valence-corrected chi connectivity index (χ4v) is 5.64. The van der Waals surface area contributed by atoms with E-state index in [1.165, 1.54) is 11.8 Å². The zero-order valence-corrected chi connectivity index (χ0v) is 23.8. The summed E-state index contributed by atoms with van der Waals surface area (Å²) < 4.78 is 79.6. The summed E-state index contributed by atoms with van der Waals surface area (Å²) in [7, 11) is -3.50. The Balaban J connectivity index is 1.73. The highest BCUT2D eigenvalue weighted by molar-refractivity contribution is 7.91. The van der Waals surface area contributed by atoms with E-state index >= 15 is 0 Å². The highest BCUT2D eigenvalue weighted by atomic mass is 35.5. The van der Waals surface area contributed by atoms with Crippen molar-refractivity contribution in [2.24, 2.45) is 0 Å². The van der Waals surface area contributed by atoms with Gasteiger partial charge in [0.2, 0.25) is 5.91 Å². The van der Waals surface area contributed by atoms with E-state index < -0.39 is 45.8 Å². The summed E-state index contributed by atoms with van der Waals surface area (Å²) in [5.74, 6) is -2.16. The molecule has 0 bridgehead atoms. The van der Waals surface area contributed by atoms with E-state index in [-0.39, 0.29) is 29.5 Å². The van der Waals surface area contributed by atoms with E-state index in [0.29, 0.717) is 40.1 Å². The summed E-state index contributed by atoms with van der Waals surface area (Å²) in [4.78, 5) is 19.6. The summed E-state index contributed by atoms with van der Waals surface area (Å²) in [5.41, 5.74) is 0.195. The third-order valence-corrected chi connectivity index (χ3v) is 9.08. The second-order valence-electron chi connectivity index (χ2n) is 9.90. The smallest absolute Gasteiger partial charge is 0.331 e. The van der Waals surface area contributed by atoms with Crippen LogP contribution in [0, 0.1) is 17.1 Å². The van der Waals surface area contributed by atoms with Gasteiger partial charge in [0.05, 0.1) is 41.1 Å². The first-order valence-corrected chi connectivity index (χ1v) is 15.1. The molecule has 0 unspecified atom stereocenters. The van der Waals surface area contributed by atoms with Gasteiger partial charge in [-0.3, -0.25) is 9.36 Å². The van der Waals surface area contributed by atoms with Crippen LogP contribution in [-0.4, -0.2) is 46.8 Å². The van der Waals surface area contributed by atoms with Crippen LogP contribution in [0.5, 0.6) is 0 Å². The number of halogens is 5. The Morgan fingerprint density at radius 2 is 1.88 bits per heavy atom. The van der Waals surface area contributed by atoms with Crippen molar-refractivity contribution in [1.82, 2.24) is 14.5 Å². The summed E-state index contributed by atoms with van der Waals surface area (Å²) in [5, 5.41) is 9.52. The monoisotopic (exact) mass is 610 g/mol. The lowest BCUT2D eigenvalue weighted by Crippen LogP contribution is -2.39. The Bertz CT molecular complexity index is 1590. The average molecular weight is 611 g/mol. The average Bonchev–Trinajstić information content (AvgIpc) is 3.70. The lowest BCUT2D eigenvalue weighted by molar-refractivity contribution is -0.140. The van der Waals surface area contributed by atoms with Gasteiger partial charge in [0.25, 0.3) is 0 Å². The second-order valence-corrected chi connectivity index (χ2v) is 12.7. The Labute approximate surface area is 240 Å². The number of nitrogens with zero attached hydrogens (tertiary/aromatic N) is 4. The van der Waals surface area contributed by atoms with Gasteiger partial charge < -0.3 is 4.90 Å². The Hall–Kier alpha value is -3.43. The van der Waals surface area contributed by atoms with Gasteiger partial charge in [-0.25, -0.2) is 17.8 Å². The molecule has 1 amide bonds. The summed E-state index contributed by atoms with van der Waals surface area (Å²) >= 11 is 6.77. The fraction of sp³-hybridized carbons (Fsp3) is 0.393. The first kappa shape index (κ1) is 30.5. The van der Waals surface area contributed by atoms with Crippen LogP contribution in [0.15, 0.2) is 42.5 Å². The zero-order chi connectivity index (χ0) is 30.1. The molecule has 0 saturated heterocycles. The molecule has 1 fully saturated rings. The van der Waals surface area contributed by atoms with E-state index in [9.17, 15) is 36.0 Å². The van der Waals surface area contributed by atoms with Crippen molar-refractivity contribution in [3.8, 4) is 11.8 Å². The number of hydrogen-bond acceptors (Lipinski definition) is 5. The Morgan fingerprint density at radius 3 is 2.41 bits per heavy atom. The van der Waals surface area contributed by atoms with Crippen LogP contribution >= 0.6 is 11.6 Å². The van der Waals surface area contributed by atoms with Crippen LogP contribution in [0.3, 0.4) is 0 Å². The molecule has 13 heteroatoms. The van der Waals surface area contributed by atoms with Crippen molar-refractivity contribution in [2.45, 2.75) is 51.2 Å². The maximum atomic E-state index is 14.2. The molecule has 4 rings (SSSR count). The number of rotatable bonds is 10. The normalized spacial score (nSPS) is 14.5. The van der Waals surface area contributed by atoms with Crippen molar-refractivity contribution in [3.05, 3.63) is 81.6 Å². The standard InChI is InChI=1S/C28H27ClF4N4O3S/c1-3-41(39,40)13-12-36(24(38)15-19-6-11-22(23(30)14-19)28(31,32)33)17(2)27-35-25(20-7-8-20)26(29)37(27)21-9-4-18(16-34)5-10-21/h4-6,9-11,14,17,20H,3,7-8,12-13,15H2,1-2H3/t17-/m1/s1. The molecule has 3 aromatic rings. The van der Waals surface area contributed by atoms with Crippen molar-refractivity contribution in [1.29, 1.82) is 5.26 Å². The molecule has 2 aromatic carbocycles. The molecule has 7 nitrogen and oxygen atoms in total. The van der Waals surface area contributed by atoms with E-state index in [4.69, 9.17) is 16.6 Å². The molecule has 1 atom stereocenters. The van der Waals surface area contributed by atoms with Crippen molar-refractivity contribution >= 4 is 27.3 Å². The van der Waals surface area contributed by atoms with Gasteiger partial charge in [-0.15, -0.1) is 0 Å². The minimum Gasteiger partial charge on any atom is -0.331 e. The molecule has 1 aromatic heterocycles. The molecule has 0 N–H and O–H groups in total. The fourth-order valence-electron chi connectivity index (χ4n) is 4.49. The van der Waals surface area contributed by atoms with Gasteiger partial charge in [0.15, 0.2) is 9.84 Å². The van der Waals surface area contributed by atoms with Crippen LogP contribution in [-0.2, 0) is 27.2 Å². The van der Waals surface area contributed by atoms with Crippen LogP contribution in [0.25, 0.3) is 5.69 Å². The molecular weight excluding hydrogens is 584 g/mol. The van der Waals surface area contributed by atoms with Gasteiger partial charge >= 0.3 is 6.18 Å². The van der Waals surface area contributed by atoms with Crippen LogP contribution in [0.1, 0.15) is 66.9 Å². The summed E-state index contributed by atoms with van der Waals surface area (Å²) in [6.07, 6.45) is -3.58. The van der Waals surface area contributed by atoms with E-state index in [1.54, 1.807) is 35.8 Å². The molecule has 41 heavy (non-hydrogen) atoms. The van der Waals surface area contributed by atoms with Gasteiger partial charge in [-0.1, -0.05) is 24.6 Å². The zero-order valence-electron chi connectivity index (χ0n) is 22.3. The number of carbonyl (C=O) groups excluding carboxylic acids is 1. The number of alkyl halides is 3. The predicted octanol–water partition coefficient (Wildman–Crippen LogP) is 6.00. The molecule has 218 valence electrons. The minimum atomic E-state index is -4.89. The summed E-state index contributed by atoms with van der Waals surface area (Å²) in [6, 6.07) is 10.0. The van der Waals surface area contributed by atoms with Gasteiger partial charge in [-0.05, 0) is 61.7 Å². The molecular formula is C28H27ClF4N4O3S. The molecule has 0 aliphatic heterocycles. The summed E-state index contributed by atoms with van der Waals surface area (Å²) in [6.45, 7) is 2.91. The van der Waals surface area contributed by atoms with Crippen LogP contribution in [0.4, 0.5) is 17.6 Å². The Kier molecular flexibility index (Phi) is 8.80. The number of carbonyl (C=O) groups is 1. The van der Waals surface area contributed by atoms with Crippen molar-refractivity contribution in [2.75, 3.05) is 18.1 Å². The van der Waals surface area contributed by atoms with E-state index in [2.05, 4.69) is 0 Å². The minimum absolute atomic E-state index is 0.00295. The van der Waals surface area contributed by atoms with Gasteiger partial charge in [-0.2, -0.15) is 18.4 Å². The van der Waals surface area contributed by atoms with E-state index in [1.807, 2.05) is 6.07 Å². The topological polar surface area (TPSA) is 96.1 Å². The predicted molar refractivity (Wildman–Crippen MR) is 145 cm³/mol. The lowest BCUT2D eigenvalue weighted by Gasteiger charge is -2.29. The number of benzene rings is 2. The number of nitriles is 1. The first-order chi connectivity index (χ1) is 19.3. The molecule has 1 aliphatic carbocycles. The van der Waals surface area contributed by atoms with Crippen LogP contribution < -0.4 is 0 Å². The van der Waals surface area contributed by atoms with Gasteiger partial charge in [0.1, 0.15) is 16.8 Å². The quantitative estimate of drug-likeness (QED) is 0.262. The van der Waals surface area contributed by atoms with Gasteiger partial charge in [0, 0.05) is 23.9 Å². The first-order valence-electron chi connectivity index (χ1n) is 12.9. The SMILES string of the molecule is CCS(=O)(=O)CCN(C(=O)Cc1ccc(C(F)(F)F)c(F)c1)[C@H](C)c1nc(C2CC2)c(Cl)n1-c1ccc(C#N)cc1. The van der Waals surface area contributed by atoms with E-state index in [0.717, 1.165) is 18.9 Å². The third kappa shape index (κ3) is 6.90. The molecule has 1 saturated carbocycles. The molecule has 0 radical (unpaired) electrons. The van der Waals surface area contributed by atoms with Crippen LogP contribution in [0.2, 0.25) is 5.15 Å². The number of hydrogen-bond donors (Lipinski definition) is 0. The van der Waals surface area contributed by atoms with Crippen molar-refractivity contribution < 1.29 is 30.8 Å². The maximum Gasteiger partial charge on any atom is 0.419 e.